The van der Waals surface area contributed by atoms with Crippen molar-refractivity contribution >= 4 is 17.5 Å². The molecule has 1 saturated heterocycles. The number of hydrogen-bond donors (Lipinski definition) is 1. The van der Waals surface area contributed by atoms with Gasteiger partial charge in [0.05, 0.1) is 0 Å². The van der Waals surface area contributed by atoms with Crippen LogP contribution in [0.5, 0.6) is 0 Å². The number of carbonyl (C=O) groups is 2. The Morgan fingerprint density at radius 1 is 1.36 bits per heavy atom. The van der Waals surface area contributed by atoms with Gasteiger partial charge < -0.3 is 15.0 Å². The molecule has 0 saturated carbocycles. The zero-order valence-corrected chi connectivity index (χ0v) is 13.5. The van der Waals surface area contributed by atoms with Gasteiger partial charge in [0, 0.05) is 32.3 Å². The van der Waals surface area contributed by atoms with E-state index in [0.717, 1.165) is 29.7 Å². The van der Waals surface area contributed by atoms with Crippen molar-refractivity contribution in [1.82, 2.24) is 5.32 Å². The Morgan fingerprint density at radius 2 is 2.14 bits per heavy atom. The lowest BCUT2D eigenvalue weighted by atomic mass is 10.1. The summed E-state index contributed by atoms with van der Waals surface area (Å²) in [7, 11) is 0. The first-order valence-electron chi connectivity index (χ1n) is 7.73. The number of ether oxygens (including phenoxy) is 1. The maximum atomic E-state index is 11.9. The Morgan fingerprint density at radius 3 is 2.77 bits per heavy atom. The molecule has 2 rings (SSSR count). The van der Waals surface area contributed by atoms with E-state index in [1.54, 1.807) is 11.8 Å². The lowest BCUT2D eigenvalue weighted by Gasteiger charge is -2.24. The summed E-state index contributed by atoms with van der Waals surface area (Å²) in [5, 5.41) is 2.86. The standard InChI is InChI=1S/C17H24N2O3/c1-12-6-7-13(2)15(11-12)19(14(3)20)9-8-18-17(21)16-5-4-10-22-16/h6-7,11,16H,4-5,8-10H2,1-3H3,(H,18,21). The first-order chi connectivity index (χ1) is 10.5. The summed E-state index contributed by atoms with van der Waals surface area (Å²) in [6.07, 6.45) is 1.38. The summed E-state index contributed by atoms with van der Waals surface area (Å²) < 4.78 is 5.35. The summed E-state index contributed by atoms with van der Waals surface area (Å²) in [5.41, 5.74) is 3.06. The highest BCUT2D eigenvalue weighted by atomic mass is 16.5. The van der Waals surface area contributed by atoms with Crippen LogP contribution >= 0.6 is 0 Å². The predicted molar refractivity (Wildman–Crippen MR) is 85.9 cm³/mol. The number of benzene rings is 1. The molecule has 0 aromatic heterocycles. The average Bonchev–Trinajstić information content (AvgIpc) is 3.00. The monoisotopic (exact) mass is 304 g/mol. The Hall–Kier alpha value is -1.88. The number of carbonyl (C=O) groups excluding carboxylic acids is 2. The summed E-state index contributed by atoms with van der Waals surface area (Å²) in [6, 6.07) is 6.03. The largest absolute Gasteiger partial charge is 0.368 e. The molecule has 22 heavy (non-hydrogen) atoms. The van der Waals surface area contributed by atoms with Gasteiger partial charge >= 0.3 is 0 Å². The molecule has 0 bridgehead atoms. The van der Waals surface area contributed by atoms with E-state index in [0.29, 0.717) is 19.7 Å². The van der Waals surface area contributed by atoms with Crippen LogP contribution in [0, 0.1) is 13.8 Å². The van der Waals surface area contributed by atoms with Crippen LogP contribution in [0.15, 0.2) is 18.2 Å². The smallest absolute Gasteiger partial charge is 0.249 e. The van der Waals surface area contributed by atoms with E-state index < -0.39 is 0 Å². The molecule has 1 N–H and O–H groups in total. The molecular formula is C17H24N2O3. The lowest BCUT2D eigenvalue weighted by molar-refractivity contribution is -0.130. The third-order valence-electron chi connectivity index (χ3n) is 3.89. The second-order valence-electron chi connectivity index (χ2n) is 5.75. The number of nitrogens with zero attached hydrogens (tertiary/aromatic N) is 1. The fraction of sp³-hybridized carbons (Fsp3) is 0.529. The van der Waals surface area contributed by atoms with Gasteiger partial charge in [0.1, 0.15) is 6.10 Å². The van der Waals surface area contributed by atoms with Crippen molar-refractivity contribution in [3.63, 3.8) is 0 Å². The summed E-state index contributed by atoms with van der Waals surface area (Å²) in [6.45, 7) is 7.06. The Labute approximate surface area is 131 Å². The zero-order chi connectivity index (χ0) is 16.1. The minimum Gasteiger partial charge on any atom is -0.368 e. The molecule has 1 heterocycles. The first-order valence-corrected chi connectivity index (χ1v) is 7.73. The van der Waals surface area contributed by atoms with Gasteiger partial charge in [-0.2, -0.15) is 0 Å². The van der Waals surface area contributed by atoms with E-state index in [-0.39, 0.29) is 17.9 Å². The van der Waals surface area contributed by atoms with E-state index >= 15 is 0 Å². The van der Waals surface area contributed by atoms with Gasteiger partial charge in [-0.05, 0) is 43.9 Å². The van der Waals surface area contributed by atoms with Crippen LogP contribution in [0.3, 0.4) is 0 Å². The molecule has 0 aliphatic carbocycles. The van der Waals surface area contributed by atoms with Crippen LogP contribution in [0.4, 0.5) is 5.69 Å². The SMILES string of the molecule is CC(=O)N(CCNC(=O)C1CCCO1)c1cc(C)ccc1C. The van der Waals surface area contributed by atoms with Crippen molar-refractivity contribution < 1.29 is 14.3 Å². The van der Waals surface area contributed by atoms with Crippen LogP contribution in [-0.4, -0.2) is 37.6 Å². The number of hydrogen-bond acceptors (Lipinski definition) is 3. The molecule has 1 atom stereocenters. The molecule has 1 aliphatic rings. The van der Waals surface area contributed by atoms with Gasteiger partial charge in [-0.15, -0.1) is 0 Å². The van der Waals surface area contributed by atoms with Crippen molar-refractivity contribution in [1.29, 1.82) is 0 Å². The normalized spacial score (nSPS) is 17.3. The molecule has 5 heteroatoms. The second-order valence-corrected chi connectivity index (χ2v) is 5.75. The maximum absolute atomic E-state index is 11.9. The van der Waals surface area contributed by atoms with Crippen LogP contribution in [0.2, 0.25) is 0 Å². The Kier molecular flexibility index (Phi) is 5.55. The number of rotatable bonds is 5. The molecule has 120 valence electrons. The van der Waals surface area contributed by atoms with E-state index in [9.17, 15) is 9.59 Å². The third kappa shape index (κ3) is 4.07. The van der Waals surface area contributed by atoms with Crippen molar-refractivity contribution in [2.75, 3.05) is 24.6 Å². The van der Waals surface area contributed by atoms with Gasteiger partial charge in [0.2, 0.25) is 11.8 Å². The van der Waals surface area contributed by atoms with Crippen LogP contribution < -0.4 is 10.2 Å². The van der Waals surface area contributed by atoms with Crippen LogP contribution in [0.1, 0.15) is 30.9 Å². The molecule has 1 fully saturated rings. The van der Waals surface area contributed by atoms with Gasteiger partial charge in [0.25, 0.3) is 0 Å². The summed E-state index contributed by atoms with van der Waals surface area (Å²) >= 11 is 0. The van der Waals surface area contributed by atoms with E-state index in [4.69, 9.17) is 4.74 Å². The zero-order valence-electron chi connectivity index (χ0n) is 13.5. The molecule has 5 nitrogen and oxygen atoms in total. The third-order valence-corrected chi connectivity index (χ3v) is 3.89. The van der Waals surface area contributed by atoms with E-state index in [2.05, 4.69) is 5.32 Å². The quantitative estimate of drug-likeness (QED) is 0.904. The fourth-order valence-corrected chi connectivity index (χ4v) is 2.65. The molecule has 2 amide bonds. The topological polar surface area (TPSA) is 58.6 Å². The highest BCUT2D eigenvalue weighted by Crippen LogP contribution is 2.21. The minimum atomic E-state index is -0.327. The lowest BCUT2D eigenvalue weighted by Crippen LogP contribution is -2.41. The fourth-order valence-electron chi connectivity index (χ4n) is 2.65. The van der Waals surface area contributed by atoms with Gasteiger partial charge in [-0.3, -0.25) is 9.59 Å². The average molecular weight is 304 g/mol. The van der Waals surface area contributed by atoms with Gasteiger partial charge in [0.15, 0.2) is 0 Å². The summed E-state index contributed by atoms with van der Waals surface area (Å²) in [5.74, 6) is -0.109. The summed E-state index contributed by atoms with van der Waals surface area (Å²) in [4.78, 5) is 25.5. The highest BCUT2D eigenvalue weighted by Gasteiger charge is 2.23. The number of aryl methyl sites for hydroxylation is 2. The van der Waals surface area contributed by atoms with Gasteiger partial charge in [-0.1, -0.05) is 12.1 Å². The van der Waals surface area contributed by atoms with E-state index in [1.807, 2.05) is 32.0 Å². The number of anilines is 1. The Balaban J connectivity index is 1.96. The molecule has 0 spiro atoms. The molecular weight excluding hydrogens is 280 g/mol. The predicted octanol–water partition coefficient (Wildman–Crippen LogP) is 1.95. The number of amides is 2. The molecule has 1 aliphatic heterocycles. The molecule has 1 unspecified atom stereocenters. The van der Waals surface area contributed by atoms with Crippen molar-refractivity contribution in [2.45, 2.75) is 39.7 Å². The molecule has 0 radical (unpaired) electrons. The molecule has 1 aromatic rings. The number of nitrogens with one attached hydrogen (secondary N) is 1. The van der Waals surface area contributed by atoms with Crippen molar-refractivity contribution in [3.05, 3.63) is 29.3 Å². The van der Waals surface area contributed by atoms with Crippen molar-refractivity contribution in [3.8, 4) is 0 Å². The van der Waals surface area contributed by atoms with E-state index in [1.165, 1.54) is 0 Å². The van der Waals surface area contributed by atoms with Crippen LogP contribution in [0.25, 0.3) is 0 Å². The second kappa shape index (κ2) is 7.40. The highest BCUT2D eigenvalue weighted by molar-refractivity contribution is 5.92. The molecule has 1 aromatic carbocycles. The minimum absolute atomic E-state index is 0.0277. The Bertz CT molecular complexity index is 551. The van der Waals surface area contributed by atoms with Crippen LogP contribution in [-0.2, 0) is 14.3 Å². The first kappa shape index (κ1) is 16.5. The maximum Gasteiger partial charge on any atom is 0.249 e. The van der Waals surface area contributed by atoms with Crippen molar-refractivity contribution in [2.24, 2.45) is 0 Å². The van der Waals surface area contributed by atoms with Gasteiger partial charge in [-0.25, -0.2) is 0 Å².